The summed E-state index contributed by atoms with van der Waals surface area (Å²) >= 11 is 12.1. The Morgan fingerprint density at radius 2 is 1.53 bits per heavy atom. The molecule has 3 rings (SSSR count). The van der Waals surface area contributed by atoms with Crippen molar-refractivity contribution in [1.29, 1.82) is 0 Å². The van der Waals surface area contributed by atoms with Crippen molar-refractivity contribution in [3.63, 3.8) is 0 Å². The van der Waals surface area contributed by atoms with Gasteiger partial charge in [0.25, 0.3) is 0 Å². The lowest BCUT2D eigenvalue weighted by Gasteiger charge is -2.19. The Hall–Kier alpha value is -1.51. The maximum absolute atomic E-state index is 6.05. The van der Waals surface area contributed by atoms with Gasteiger partial charge in [0.1, 0.15) is 6.04 Å². The molecule has 1 N–H and O–H groups in total. The van der Waals surface area contributed by atoms with Crippen molar-refractivity contribution in [2.24, 2.45) is 4.99 Å². The number of hydrogen-bond acceptors (Lipinski definition) is 2. The fourth-order valence-corrected chi connectivity index (χ4v) is 2.73. The van der Waals surface area contributed by atoms with Crippen LogP contribution in [-0.2, 0) is 0 Å². The van der Waals surface area contributed by atoms with Gasteiger partial charge in [0.15, 0.2) is 0 Å². The van der Waals surface area contributed by atoms with Crippen LogP contribution < -0.4 is 5.32 Å². The first-order chi connectivity index (χ1) is 9.24. The zero-order valence-electron chi connectivity index (χ0n) is 10.1. The Bertz CT molecular complexity index is 625. The van der Waals surface area contributed by atoms with E-state index in [0.717, 1.165) is 21.2 Å². The molecule has 0 radical (unpaired) electrons. The van der Waals surface area contributed by atoms with Crippen molar-refractivity contribution in [1.82, 2.24) is 5.32 Å². The van der Waals surface area contributed by atoms with Crippen LogP contribution in [0.25, 0.3) is 0 Å². The average molecular weight is 291 g/mol. The Morgan fingerprint density at radius 3 is 2.21 bits per heavy atom. The Morgan fingerprint density at radius 1 is 0.895 bits per heavy atom. The predicted octanol–water partition coefficient (Wildman–Crippen LogP) is 4.41. The summed E-state index contributed by atoms with van der Waals surface area (Å²) in [5.74, 6) is 0. The summed E-state index contributed by atoms with van der Waals surface area (Å²) in [5, 5.41) is 4.73. The third kappa shape index (κ3) is 2.60. The van der Waals surface area contributed by atoms with Crippen LogP contribution in [-0.4, -0.2) is 6.34 Å². The number of nitrogens with one attached hydrogen (secondary N) is 1. The van der Waals surface area contributed by atoms with E-state index in [2.05, 4.69) is 16.4 Å². The van der Waals surface area contributed by atoms with E-state index in [1.807, 2.05) is 42.5 Å². The highest BCUT2D eigenvalue weighted by molar-refractivity contribution is 6.30. The molecule has 0 amide bonds. The minimum absolute atomic E-state index is 0.0252. The molecule has 4 heteroatoms. The molecule has 19 heavy (non-hydrogen) atoms. The fourth-order valence-electron chi connectivity index (χ4n) is 2.33. The van der Waals surface area contributed by atoms with Crippen molar-refractivity contribution >= 4 is 29.5 Å². The molecule has 2 atom stereocenters. The molecule has 0 bridgehead atoms. The summed E-state index contributed by atoms with van der Waals surface area (Å²) in [5.41, 5.74) is 2.22. The van der Waals surface area contributed by atoms with Crippen LogP contribution in [0.15, 0.2) is 53.5 Å². The van der Waals surface area contributed by atoms with Crippen LogP contribution in [0.5, 0.6) is 0 Å². The molecule has 0 saturated heterocycles. The largest absolute Gasteiger partial charge is 0.367 e. The van der Waals surface area contributed by atoms with Gasteiger partial charge in [-0.15, -0.1) is 0 Å². The number of benzene rings is 2. The van der Waals surface area contributed by atoms with E-state index >= 15 is 0 Å². The summed E-state index contributed by atoms with van der Waals surface area (Å²) in [4.78, 5) is 4.50. The van der Waals surface area contributed by atoms with E-state index in [9.17, 15) is 0 Å². The summed E-state index contributed by atoms with van der Waals surface area (Å²) in [7, 11) is 0. The third-order valence-electron chi connectivity index (χ3n) is 3.20. The first-order valence-electron chi connectivity index (χ1n) is 6.03. The van der Waals surface area contributed by atoms with Gasteiger partial charge >= 0.3 is 0 Å². The predicted molar refractivity (Wildman–Crippen MR) is 80.0 cm³/mol. The van der Waals surface area contributed by atoms with Crippen LogP contribution in [0.1, 0.15) is 23.2 Å². The molecule has 0 saturated carbocycles. The molecule has 0 spiro atoms. The van der Waals surface area contributed by atoms with Gasteiger partial charge in [0.05, 0.1) is 12.4 Å². The molecule has 1 heterocycles. The molecule has 1 aliphatic rings. The lowest BCUT2D eigenvalue weighted by Crippen LogP contribution is -2.18. The zero-order chi connectivity index (χ0) is 13.2. The maximum Gasteiger partial charge on any atom is 0.101 e. The van der Waals surface area contributed by atoms with Gasteiger partial charge in [-0.2, -0.15) is 0 Å². The van der Waals surface area contributed by atoms with Gasteiger partial charge in [-0.25, -0.2) is 0 Å². The molecule has 0 fully saturated rings. The molecule has 2 aromatic rings. The van der Waals surface area contributed by atoms with Gasteiger partial charge in [-0.1, -0.05) is 47.5 Å². The quantitative estimate of drug-likeness (QED) is 0.871. The maximum atomic E-state index is 6.05. The summed E-state index contributed by atoms with van der Waals surface area (Å²) < 4.78 is 0. The minimum Gasteiger partial charge on any atom is -0.367 e. The number of rotatable bonds is 2. The van der Waals surface area contributed by atoms with E-state index in [0.29, 0.717) is 0 Å². The van der Waals surface area contributed by atoms with Crippen molar-refractivity contribution in [2.75, 3.05) is 0 Å². The van der Waals surface area contributed by atoms with Crippen molar-refractivity contribution in [3.05, 3.63) is 69.7 Å². The van der Waals surface area contributed by atoms with E-state index in [4.69, 9.17) is 23.2 Å². The van der Waals surface area contributed by atoms with Gasteiger partial charge in [0.2, 0.25) is 0 Å². The second-order valence-corrected chi connectivity index (χ2v) is 5.35. The molecule has 2 nitrogen and oxygen atoms in total. The fraction of sp³-hybridized carbons (Fsp3) is 0.133. The van der Waals surface area contributed by atoms with Gasteiger partial charge in [-0.05, 0) is 35.4 Å². The summed E-state index contributed by atoms with van der Waals surface area (Å²) in [6.07, 6.45) is 1.75. The van der Waals surface area contributed by atoms with E-state index in [1.54, 1.807) is 6.34 Å². The third-order valence-corrected chi connectivity index (χ3v) is 3.67. The topological polar surface area (TPSA) is 24.4 Å². The van der Waals surface area contributed by atoms with Crippen LogP contribution in [0.4, 0.5) is 0 Å². The Balaban J connectivity index is 1.95. The van der Waals surface area contributed by atoms with Gasteiger partial charge in [-0.3, -0.25) is 4.99 Å². The molecule has 1 aliphatic heterocycles. The van der Waals surface area contributed by atoms with E-state index < -0.39 is 0 Å². The smallest absolute Gasteiger partial charge is 0.101 e. The first kappa shape index (κ1) is 12.5. The standard InChI is InChI=1S/C15H12Cl2N2/c16-12-5-1-3-10(7-12)14-15(19-9-18-14)11-4-2-6-13(17)8-11/h1-9,14-15H,(H,18,19)/t14-,15+. The number of nitrogens with zero attached hydrogens (tertiary/aromatic N) is 1. The summed E-state index contributed by atoms with van der Waals surface area (Å²) in [6.45, 7) is 0. The first-order valence-corrected chi connectivity index (χ1v) is 6.78. The van der Waals surface area contributed by atoms with Crippen molar-refractivity contribution in [2.45, 2.75) is 12.1 Å². The SMILES string of the molecule is Clc1cccc([C@H]2NC=N[C@H]2c2cccc(Cl)c2)c1. The van der Waals surface area contributed by atoms with Crippen LogP contribution in [0.2, 0.25) is 10.0 Å². The Kier molecular flexibility index (Phi) is 3.45. The lowest BCUT2D eigenvalue weighted by molar-refractivity contribution is 0.573. The molecule has 0 aliphatic carbocycles. The summed E-state index contributed by atoms with van der Waals surface area (Å²) in [6, 6.07) is 15.8. The number of hydrogen-bond donors (Lipinski definition) is 1. The second kappa shape index (κ2) is 5.24. The Labute approximate surface area is 122 Å². The van der Waals surface area contributed by atoms with E-state index in [-0.39, 0.29) is 12.1 Å². The second-order valence-electron chi connectivity index (χ2n) is 4.48. The zero-order valence-corrected chi connectivity index (χ0v) is 11.6. The highest BCUT2D eigenvalue weighted by Crippen LogP contribution is 2.36. The van der Waals surface area contributed by atoms with Crippen molar-refractivity contribution < 1.29 is 0 Å². The van der Waals surface area contributed by atoms with Gasteiger partial charge in [0, 0.05) is 10.0 Å². The van der Waals surface area contributed by atoms with E-state index in [1.165, 1.54) is 0 Å². The van der Waals surface area contributed by atoms with Gasteiger partial charge < -0.3 is 5.32 Å². The minimum atomic E-state index is 0.0252. The highest BCUT2D eigenvalue weighted by atomic mass is 35.5. The molecular formula is C15H12Cl2N2. The van der Waals surface area contributed by atoms with Crippen molar-refractivity contribution in [3.8, 4) is 0 Å². The monoisotopic (exact) mass is 290 g/mol. The molecule has 0 unspecified atom stereocenters. The van der Waals surface area contributed by atoms with Crippen LogP contribution in [0.3, 0.4) is 0 Å². The molecule has 0 aromatic heterocycles. The average Bonchev–Trinajstić information content (AvgIpc) is 2.88. The number of halogens is 2. The lowest BCUT2D eigenvalue weighted by atomic mass is 9.95. The highest BCUT2D eigenvalue weighted by Gasteiger charge is 2.27. The molecule has 2 aromatic carbocycles. The normalized spacial score (nSPS) is 21.4. The number of aliphatic imine (C=N–C) groups is 1. The molecule has 96 valence electrons. The van der Waals surface area contributed by atoms with Crippen LogP contribution >= 0.6 is 23.2 Å². The molecular weight excluding hydrogens is 279 g/mol. The van der Waals surface area contributed by atoms with Crippen LogP contribution in [0, 0.1) is 0 Å².